The topological polar surface area (TPSA) is 18.5 Å². The highest BCUT2D eigenvalue weighted by molar-refractivity contribution is 6.76. The molecule has 0 unspecified atom stereocenters. The summed E-state index contributed by atoms with van der Waals surface area (Å²) in [6.07, 6.45) is 1.72. The van der Waals surface area contributed by atoms with Crippen LogP contribution in [0.5, 0.6) is 0 Å². The maximum absolute atomic E-state index is 5.28. The van der Waals surface area contributed by atoms with Crippen LogP contribution >= 0.6 is 0 Å². The lowest BCUT2D eigenvalue weighted by Crippen LogP contribution is -2.22. The fourth-order valence-electron chi connectivity index (χ4n) is 0.628. The molecule has 0 saturated carbocycles. The van der Waals surface area contributed by atoms with Crippen LogP contribution in [0.25, 0.3) is 0 Å². The maximum Gasteiger partial charge on any atom is 0.147 e. The van der Waals surface area contributed by atoms with Gasteiger partial charge in [-0.3, -0.25) is 0 Å². The van der Waals surface area contributed by atoms with Gasteiger partial charge in [-0.15, -0.1) is 6.58 Å². The van der Waals surface area contributed by atoms with Crippen molar-refractivity contribution in [3.63, 3.8) is 0 Å². The van der Waals surface area contributed by atoms with E-state index in [0.717, 1.165) is 6.61 Å². The number of rotatable bonds is 7. The Bertz CT molecular complexity index is 118. The molecule has 0 aliphatic rings. The van der Waals surface area contributed by atoms with E-state index in [1.807, 2.05) is 0 Å². The fourth-order valence-corrected chi connectivity index (χ4v) is 1.38. The molecule has 0 N–H and O–H groups in total. The molecule has 0 aromatic heterocycles. The van der Waals surface area contributed by atoms with Gasteiger partial charge in [0.25, 0.3) is 0 Å². The van der Waals surface area contributed by atoms with E-state index in [0.29, 0.717) is 13.4 Å². The van der Waals surface area contributed by atoms with Crippen LogP contribution in [-0.2, 0) is 9.47 Å². The van der Waals surface area contributed by atoms with E-state index in [9.17, 15) is 0 Å². The molecule has 0 saturated heterocycles. The van der Waals surface area contributed by atoms with Gasteiger partial charge in [0, 0.05) is 14.7 Å². The average Bonchev–Trinajstić information content (AvgIpc) is 1.94. The van der Waals surface area contributed by atoms with Crippen molar-refractivity contribution in [2.75, 3.05) is 20.0 Å². The molecule has 0 fully saturated rings. The summed E-state index contributed by atoms with van der Waals surface area (Å²) in [6.45, 7) is 12.3. The lowest BCUT2D eigenvalue weighted by molar-refractivity contribution is -0.0391. The molecule has 0 aromatic carbocycles. The Labute approximate surface area is 76.6 Å². The van der Waals surface area contributed by atoms with Crippen molar-refractivity contribution in [3.8, 4) is 0 Å². The third-order valence-electron chi connectivity index (χ3n) is 1.40. The third-order valence-corrected chi connectivity index (χ3v) is 3.10. The Morgan fingerprint density at radius 1 is 1.25 bits per heavy atom. The molecule has 0 aliphatic heterocycles. The quantitative estimate of drug-likeness (QED) is 0.264. The maximum atomic E-state index is 5.28. The third kappa shape index (κ3) is 9.88. The van der Waals surface area contributed by atoms with Crippen LogP contribution in [0.4, 0.5) is 0 Å². The van der Waals surface area contributed by atoms with Gasteiger partial charge in [-0.05, 0) is 6.04 Å². The average molecular weight is 188 g/mol. The molecule has 0 bridgehead atoms. The van der Waals surface area contributed by atoms with Crippen molar-refractivity contribution in [2.24, 2.45) is 0 Å². The molecule has 0 heterocycles. The molecule has 0 rings (SSSR count). The molecule has 12 heavy (non-hydrogen) atoms. The van der Waals surface area contributed by atoms with Crippen molar-refractivity contribution in [1.82, 2.24) is 0 Å². The summed E-state index contributed by atoms with van der Waals surface area (Å²) in [5.74, 6) is 0. The van der Waals surface area contributed by atoms with Gasteiger partial charge in [-0.25, -0.2) is 0 Å². The molecule has 0 aliphatic carbocycles. The highest BCUT2D eigenvalue weighted by Gasteiger charge is 2.11. The summed E-state index contributed by atoms with van der Waals surface area (Å²) < 4.78 is 10.3. The Balaban J connectivity index is 3.06. The van der Waals surface area contributed by atoms with Gasteiger partial charge >= 0.3 is 0 Å². The second kappa shape index (κ2) is 6.40. The van der Waals surface area contributed by atoms with Gasteiger partial charge < -0.3 is 9.47 Å². The van der Waals surface area contributed by atoms with Gasteiger partial charge in [-0.1, -0.05) is 25.7 Å². The van der Waals surface area contributed by atoms with Crippen molar-refractivity contribution in [3.05, 3.63) is 12.7 Å². The van der Waals surface area contributed by atoms with E-state index >= 15 is 0 Å². The Morgan fingerprint density at radius 3 is 2.42 bits per heavy atom. The molecule has 0 atom stereocenters. The zero-order valence-corrected chi connectivity index (χ0v) is 9.43. The zero-order valence-electron chi connectivity index (χ0n) is 8.43. The number of hydrogen-bond acceptors (Lipinski definition) is 2. The summed E-state index contributed by atoms with van der Waals surface area (Å²) >= 11 is 0. The first-order valence-electron chi connectivity index (χ1n) is 4.32. The minimum atomic E-state index is -0.926. The van der Waals surface area contributed by atoms with E-state index in [-0.39, 0.29) is 0 Å². The molecule has 2 nitrogen and oxygen atoms in total. The normalized spacial score (nSPS) is 11.6. The van der Waals surface area contributed by atoms with Crippen molar-refractivity contribution in [1.29, 1.82) is 0 Å². The van der Waals surface area contributed by atoms with Crippen LogP contribution in [0.15, 0.2) is 12.7 Å². The SMILES string of the molecule is C=CCOCOCC[Si](C)(C)C. The van der Waals surface area contributed by atoms with E-state index in [2.05, 4.69) is 26.2 Å². The second-order valence-corrected chi connectivity index (χ2v) is 9.62. The minimum absolute atomic E-state index is 0.399. The molecule has 72 valence electrons. The highest BCUT2D eigenvalue weighted by Crippen LogP contribution is 2.07. The highest BCUT2D eigenvalue weighted by atomic mass is 28.3. The smallest absolute Gasteiger partial charge is 0.147 e. The van der Waals surface area contributed by atoms with Gasteiger partial charge in [0.05, 0.1) is 6.61 Å². The second-order valence-electron chi connectivity index (χ2n) is 4.00. The van der Waals surface area contributed by atoms with E-state index in [1.54, 1.807) is 6.08 Å². The minimum Gasteiger partial charge on any atom is -0.356 e. The zero-order chi connectivity index (χ0) is 9.45. The molecular weight excluding hydrogens is 168 g/mol. The largest absolute Gasteiger partial charge is 0.356 e. The molecular formula is C9H20O2Si. The Kier molecular flexibility index (Phi) is 6.33. The van der Waals surface area contributed by atoms with Gasteiger partial charge in [0.15, 0.2) is 0 Å². The summed E-state index contributed by atoms with van der Waals surface area (Å²) in [5.41, 5.74) is 0. The van der Waals surface area contributed by atoms with Crippen molar-refractivity contribution in [2.45, 2.75) is 25.7 Å². The van der Waals surface area contributed by atoms with Crippen molar-refractivity contribution >= 4 is 8.07 Å². The summed E-state index contributed by atoms with van der Waals surface area (Å²) in [6, 6.07) is 1.20. The number of hydrogen-bond donors (Lipinski definition) is 0. The van der Waals surface area contributed by atoms with Crippen molar-refractivity contribution < 1.29 is 9.47 Å². The Hall–Kier alpha value is -0.123. The standard InChI is InChI=1S/C9H20O2Si/c1-5-6-10-9-11-7-8-12(2,3)4/h5H,1,6-9H2,2-4H3. The monoisotopic (exact) mass is 188 g/mol. The van der Waals surface area contributed by atoms with Gasteiger partial charge in [0.1, 0.15) is 6.79 Å². The molecule has 3 heteroatoms. The van der Waals surface area contributed by atoms with Crippen LogP contribution in [0, 0.1) is 0 Å². The van der Waals surface area contributed by atoms with Gasteiger partial charge in [-0.2, -0.15) is 0 Å². The lowest BCUT2D eigenvalue weighted by atomic mass is 10.7. The first-order valence-corrected chi connectivity index (χ1v) is 8.03. The van der Waals surface area contributed by atoms with Crippen LogP contribution < -0.4 is 0 Å². The molecule has 0 aromatic rings. The molecule has 0 spiro atoms. The number of ether oxygens (including phenoxy) is 2. The predicted molar refractivity (Wildman–Crippen MR) is 55.1 cm³/mol. The Morgan fingerprint density at radius 2 is 1.92 bits per heavy atom. The van der Waals surface area contributed by atoms with Crippen LogP contribution in [0.1, 0.15) is 0 Å². The summed E-state index contributed by atoms with van der Waals surface area (Å²) in [4.78, 5) is 0. The van der Waals surface area contributed by atoms with Crippen LogP contribution in [0.2, 0.25) is 25.7 Å². The first-order chi connectivity index (χ1) is 5.56. The molecule has 0 amide bonds. The lowest BCUT2D eigenvalue weighted by Gasteiger charge is -2.14. The summed E-state index contributed by atoms with van der Waals surface area (Å²) in [7, 11) is -0.926. The fraction of sp³-hybridized carbons (Fsp3) is 0.778. The van der Waals surface area contributed by atoms with E-state index < -0.39 is 8.07 Å². The van der Waals surface area contributed by atoms with Gasteiger partial charge in [0.2, 0.25) is 0 Å². The first kappa shape index (κ1) is 11.9. The predicted octanol–water partition coefficient (Wildman–Crippen LogP) is 2.50. The van der Waals surface area contributed by atoms with E-state index in [4.69, 9.17) is 9.47 Å². The van der Waals surface area contributed by atoms with E-state index in [1.165, 1.54) is 6.04 Å². The van der Waals surface area contributed by atoms with Crippen LogP contribution in [-0.4, -0.2) is 28.1 Å². The molecule has 0 radical (unpaired) electrons. The van der Waals surface area contributed by atoms with Crippen LogP contribution in [0.3, 0.4) is 0 Å². The summed E-state index contributed by atoms with van der Waals surface area (Å²) in [5, 5.41) is 0.